The van der Waals surface area contributed by atoms with Crippen molar-refractivity contribution in [1.82, 2.24) is 9.88 Å². The van der Waals surface area contributed by atoms with E-state index < -0.39 is 0 Å². The van der Waals surface area contributed by atoms with Gasteiger partial charge >= 0.3 is 0 Å². The van der Waals surface area contributed by atoms with Crippen LogP contribution < -0.4 is 4.74 Å². The van der Waals surface area contributed by atoms with Crippen LogP contribution in [-0.2, 0) is 0 Å². The predicted octanol–water partition coefficient (Wildman–Crippen LogP) is 3.41. The van der Waals surface area contributed by atoms with Crippen molar-refractivity contribution in [2.45, 2.75) is 24.8 Å². The summed E-state index contributed by atoms with van der Waals surface area (Å²) in [4.78, 5) is 19.8. The first-order chi connectivity index (χ1) is 11.2. The van der Waals surface area contributed by atoms with Crippen LogP contribution in [0, 0.1) is 6.92 Å². The Labute approximate surface area is 140 Å². The maximum Gasteiger partial charge on any atom is 0.255 e. The molecule has 1 fully saturated rings. The van der Waals surface area contributed by atoms with E-state index in [4.69, 9.17) is 4.74 Å². The molecule has 5 heteroatoms. The van der Waals surface area contributed by atoms with Crippen LogP contribution in [-0.4, -0.2) is 40.7 Å². The SMILES string of the molecule is CCSc1ccccc1C(=O)N1CC(Oc2cccc(C)n2)C1. The molecule has 120 valence electrons. The van der Waals surface area contributed by atoms with Gasteiger partial charge in [0.2, 0.25) is 5.88 Å². The van der Waals surface area contributed by atoms with Crippen LogP contribution in [0.5, 0.6) is 5.88 Å². The number of pyridine rings is 1. The maximum absolute atomic E-state index is 12.6. The first kappa shape index (κ1) is 15.9. The Balaban J connectivity index is 1.60. The molecule has 0 spiro atoms. The maximum atomic E-state index is 12.6. The summed E-state index contributed by atoms with van der Waals surface area (Å²) >= 11 is 1.70. The molecule has 0 saturated carbocycles. The fraction of sp³-hybridized carbons (Fsp3) is 0.333. The Kier molecular flexibility index (Phi) is 4.86. The second-order valence-corrected chi connectivity index (χ2v) is 6.80. The largest absolute Gasteiger partial charge is 0.471 e. The third-order valence-corrected chi connectivity index (χ3v) is 4.66. The van der Waals surface area contributed by atoms with Gasteiger partial charge in [-0.15, -0.1) is 11.8 Å². The Morgan fingerprint density at radius 3 is 2.78 bits per heavy atom. The van der Waals surface area contributed by atoms with Crippen LogP contribution in [0.1, 0.15) is 23.0 Å². The molecule has 0 radical (unpaired) electrons. The molecule has 4 nitrogen and oxygen atoms in total. The molecule has 3 rings (SSSR count). The van der Waals surface area contributed by atoms with Gasteiger partial charge < -0.3 is 9.64 Å². The summed E-state index contributed by atoms with van der Waals surface area (Å²) in [7, 11) is 0. The normalized spacial score (nSPS) is 14.4. The summed E-state index contributed by atoms with van der Waals surface area (Å²) in [6, 6.07) is 13.5. The van der Waals surface area contributed by atoms with E-state index in [2.05, 4.69) is 11.9 Å². The lowest BCUT2D eigenvalue weighted by Gasteiger charge is -2.39. The third-order valence-electron chi connectivity index (χ3n) is 3.70. The smallest absolute Gasteiger partial charge is 0.255 e. The minimum absolute atomic E-state index is 0.0271. The zero-order chi connectivity index (χ0) is 16.2. The number of ether oxygens (including phenoxy) is 1. The van der Waals surface area contributed by atoms with Crippen LogP contribution in [0.3, 0.4) is 0 Å². The zero-order valence-corrected chi connectivity index (χ0v) is 14.2. The van der Waals surface area contributed by atoms with Crippen molar-refractivity contribution in [2.75, 3.05) is 18.8 Å². The molecule has 23 heavy (non-hydrogen) atoms. The zero-order valence-electron chi connectivity index (χ0n) is 13.4. The van der Waals surface area contributed by atoms with Crippen molar-refractivity contribution in [3.05, 3.63) is 53.7 Å². The van der Waals surface area contributed by atoms with Crippen LogP contribution in [0.15, 0.2) is 47.4 Å². The van der Waals surface area contributed by atoms with E-state index in [0.29, 0.717) is 19.0 Å². The lowest BCUT2D eigenvalue weighted by molar-refractivity contribution is 0.0157. The van der Waals surface area contributed by atoms with Gasteiger partial charge in [0.1, 0.15) is 6.10 Å². The number of aryl methyl sites for hydroxylation is 1. The van der Waals surface area contributed by atoms with Crippen molar-refractivity contribution in [1.29, 1.82) is 0 Å². The highest BCUT2D eigenvalue weighted by atomic mass is 32.2. The Morgan fingerprint density at radius 1 is 1.26 bits per heavy atom. The van der Waals surface area contributed by atoms with Gasteiger partial charge in [-0.25, -0.2) is 4.98 Å². The molecule has 1 saturated heterocycles. The standard InChI is InChI=1S/C18H20N2O2S/c1-3-23-16-9-5-4-8-15(16)18(21)20-11-14(12-20)22-17-10-6-7-13(2)19-17/h4-10,14H,3,11-12H2,1-2H3. The summed E-state index contributed by atoms with van der Waals surface area (Å²) in [5, 5.41) is 0. The molecule has 0 atom stereocenters. The molecule has 2 heterocycles. The number of nitrogens with zero attached hydrogens (tertiary/aromatic N) is 2. The minimum Gasteiger partial charge on any atom is -0.471 e. The van der Waals surface area contributed by atoms with Gasteiger partial charge in [-0.3, -0.25) is 4.79 Å². The van der Waals surface area contributed by atoms with E-state index in [1.807, 2.05) is 54.3 Å². The highest BCUT2D eigenvalue weighted by molar-refractivity contribution is 7.99. The van der Waals surface area contributed by atoms with E-state index in [-0.39, 0.29) is 12.0 Å². The minimum atomic E-state index is 0.0271. The number of amides is 1. The second kappa shape index (κ2) is 7.04. The summed E-state index contributed by atoms with van der Waals surface area (Å²) in [5.74, 6) is 1.66. The van der Waals surface area contributed by atoms with Gasteiger partial charge in [-0.1, -0.05) is 25.1 Å². The van der Waals surface area contributed by atoms with Crippen molar-refractivity contribution in [2.24, 2.45) is 0 Å². The second-order valence-electron chi connectivity index (χ2n) is 5.50. The first-order valence-electron chi connectivity index (χ1n) is 7.78. The molecule has 1 aliphatic rings. The molecule has 0 N–H and O–H groups in total. The molecule has 0 unspecified atom stereocenters. The fourth-order valence-corrected chi connectivity index (χ4v) is 3.32. The molecule has 2 aromatic rings. The van der Waals surface area contributed by atoms with Gasteiger partial charge in [-0.2, -0.15) is 0 Å². The van der Waals surface area contributed by atoms with Gasteiger partial charge in [0.25, 0.3) is 5.91 Å². The highest BCUT2D eigenvalue weighted by Gasteiger charge is 2.33. The first-order valence-corrected chi connectivity index (χ1v) is 8.77. The average molecular weight is 328 g/mol. The fourth-order valence-electron chi connectivity index (χ4n) is 2.53. The Bertz CT molecular complexity index is 699. The van der Waals surface area contributed by atoms with Gasteiger partial charge in [0, 0.05) is 16.7 Å². The van der Waals surface area contributed by atoms with E-state index in [0.717, 1.165) is 21.9 Å². The van der Waals surface area contributed by atoms with Crippen LogP contribution in [0.2, 0.25) is 0 Å². The van der Waals surface area contributed by atoms with Gasteiger partial charge in [0.05, 0.1) is 18.7 Å². The number of rotatable bonds is 5. The quantitative estimate of drug-likeness (QED) is 0.789. The average Bonchev–Trinajstić information content (AvgIpc) is 2.51. The Morgan fingerprint density at radius 2 is 2.04 bits per heavy atom. The van der Waals surface area contributed by atoms with Crippen molar-refractivity contribution in [3.63, 3.8) is 0 Å². The summed E-state index contributed by atoms with van der Waals surface area (Å²) in [6.45, 7) is 5.25. The topological polar surface area (TPSA) is 42.4 Å². The van der Waals surface area contributed by atoms with E-state index in [1.165, 1.54) is 0 Å². The number of benzene rings is 1. The number of hydrogen-bond donors (Lipinski definition) is 0. The number of hydrogen-bond acceptors (Lipinski definition) is 4. The molecule has 1 aromatic heterocycles. The van der Waals surface area contributed by atoms with Crippen molar-refractivity contribution in [3.8, 4) is 5.88 Å². The number of thioether (sulfide) groups is 1. The monoisotopic (exact) mass is 328 g/mol. The van der Waals surface area contributed by atoms with Crippen molar-refractivity contribution >= 4 is 17.7 Å². The number of carbonyl (C=O) groups excluding carboxylic acids is 1. The van der Waals surface area contributed by atoms with Crippen LogP contribution >= 0.6 is 11.8 Å². The molecule has 0 aliphatic carbocycles. The van der Waals surface area contributed by atoms with E-state index >= 15 is 0 Å². The third kappa shape index (κ3) is 3.67. The van der Waals surface area contributed by atoms with E-state index in [1.54, 1.807) is 11.8 Å². The lowest BCUT2D eigenvalue weighted by Crippen LogP contribution is -2.56. The van der Waals surface area contributed by atoms with Gasteiger partial charge in [-0.05, 0) is 30.9 Å². The van der Waals surface area contributed by atoms with E-state index in [9.17, 15) is 4.79 Å². The number of likely N-dealkylation sites (tertiary alicyclic amines) is 1. The lowest BCUT2D eigenvalue weighted by atomic mass is 10.1. The van der Waals surface area contributed by atoms with Crippen molar-refractivity contribution < 1.29 is 9.53 Å². The molecule has 1 amide bonds. The number of aromatic nitrogens is 1. The summed E-state index contributed by atoms with van der Waals surface area (Å²) in [6.07, 6.45) is 0.0271. The summed E-state index contributed by atoms with van der Waals surface area (Å²) < 4.78 is 5.81. The number of carbonyl (C=O) groups is 1. The van der Waals surface area contributed by atoms with Gasteiger partial charge in [0.15, 0.2) is 0 Å². The molecule has 1 aliphatic heterocycles. The molecular formula is C18H20N2O2S. The van der Waals surface area contributed by atoms with Crippen LogP contribution in [0.25, 0.3) is 0 Å². The van der Waals surface area contributed by atoms with Crippen LogP contribution in [0.4, 0.5) is 0 Å². The molecule has 0 bridgehead atoms. The predicted molar refractivity (Wildman–Crippen MR) is 92.1 cm³/mol. The highest BCUT2D eigenvalue weighted by Crippen LogP contribution is 2.26. The molecule has 1 aromatic carbocycles. The Hall–Kier alpha value is -2.01. The molecular weight excluding hydrogens is 308 g/mol. The summed E-state index contributed by atoms with van der Waals surface area (Å²) in [5.41, 5.74) is 1.71.